The maximum atomic E-state index is 12.0. The lowest BCUT2D eigenvalue weighted by atomic mass is 10.2. The van der Waals surface area contributed by atoms with Gasteiger partial charge in [-0.15, -0.1) is 5.10 Å². The summed E-state index contributed by atoms with van der Waals surface area (Å²) >= 11 is 1.38. The highest BCUT2D eigenvalue weighted by atomic mass is 32.2. The minimum Gasteiger partial charge on any atom is -0.355 e. The average Bonchev–Trinajstić information content (AvgIpc) is 2.82. The second-order valence-corrected chi connectivity index (χ2v) is 7.00. The van der Waals surface area contributed by atoms with Crippen molar-refractivity contribution in [1.82, 2.24) is 30.8 Å². The van der Waals surface area contributed by atoms with Gasteiger partial charge in [0.15, 0.2) is 0 Å². The second-order valence-electron chi connectivity index (χ2n) is 5.69. The third kappa shape index (κ3) is 6.90. The summed E-state index contributed by atoms with van der Waals surface area (Å²) in [7, 11) is 0. The molecule has 1 aromatic rings. The molecule has 1 atom stereocenters. The molecule has 0 aliphatic heterocycles. The maximum Gasteiger partial charge on any atom is 0.233 e. The normalized spacial score (nSPS) is 12.9. The highest BCUT2D eigenvalue weighted by Crippen LogP contribution is 2.19. The molecule has 1 unspecified atom stereocenters. The lowest BCUT2D eigenvalue weighted by Gasteiger charge is -2.13. The molecule has 0 aromatic carbocycles. The Morgan fingerprint density at radius 3 is 2.62 bits per heavy atom. The van der Waals surface area contributed by atoms with Crippen molar-refractivity contribution in [2.75, 3.05) is 13.1 Å². The molecule has 1 heterocycles. The van der Waals surface area contributed by atoms with Gasteiger partial charge in [-0.05, 0) is 23.3 Å². The van der Waals surface area contributed by atoms with Gasteiger partial charge >= 0.3 is 0 Å². The largest absolute Gasteiger partial charge is 0.355 e. The SMILES string of the molecule is CC(C)CNC(=O)C(C)Sc1nnnn1CCNC(C)C. The van der Waals surface area contributed by atoms with Gasteiger partial charge in [-0.1, -0.05) is 39.5 Å². The molecule has 1 rings (SSSR count). The van der Waals surface area contributed by atoms with Gasteiger partial charge in [0.05, 0.1) is 11.8 Å². The van der Waals surface area contributed by atoms with Gasteiger partial charge in [-0.2, -0.15) is 0 Å². The Morgan fingerprint density at radius 1 is 1.29 bits per heavy atom. The minimum atomic E-state index is -0.216. The van der Waals surface area contributed by atoms with Crippen molar-refractivity contribution in [3.05, 3.63) is 0 Å². The van der Waals surface area contributed by atoms with Gasteiger partial charge < -0.3 is 10.6 Å². The van der Waals surface area contributed by atoms with E-state index in [1.807, 2.05) is 6.92 Å². The van der Waals surface area contributed by atoms with Crippen LogP contribution in [-0.4, -0.2) is 50.5 Å². The Kier molecular flexibility index (Phi) is 7.66. The Morgan fingerprint density at radius 2 is 2.00 bits per heavy atom. The summed E-state index contributed by atoms with van der Waals surface area (Å²) in [6.45, 7) is 12.4. The Balaban J connectivity index is 2.47. The zero-order chi connectivity index (χ0) is 15.8. The Bertz CT molecular complexity index is 434. The van der Waals surface area contributed by atoms with Crippen LogP contribution >= 0.6 is 11.8 Å². The summed E-state index contributed by atoms with van der Waals surface area (Å²) in [6.07, 6.45) is 0. The van der Waals surface area contributed by atoms with Crippen LogP contribution in [0.25, 0.3) is 0 Å². The number of thioether (sulfide) groups is 1. The summed E-state index contributed by atoms with van der Waals surface area (Å²) in [5, 5.41) is 18.3. The zero-order valence-corrected chi connectivity index (χ0v) is 14.3. The molecule has 7 nitrogen and oxygen atoms in total. The van der Waals surface area contributed by atoms with E-state index in [1.54, 1.807) is 4.68 Å². The highest BCUT2D eigenvalue weighted by molar-refractivity contribution is 8.00. The molecule has 1 amide bonds. The van der Waals surface area contributed by atoms with Gasteiger partial charge in [0.2, 0.25) is 11.1 Å². The number of carbonyl (C=O) groups excluding carboxylic acids is 1. The Labute approximate surface area is 130 Å². The summed E-state index contributed by atoms with van der Waals surface area (Å²) in [5.74, 6) is 0.460. The number of aromatic nitrogens is 4. The molecule has 0 fully saturated rings. The molecular weight excluding hydrogens is 288 g/mol. The van der Waals surface area contributed by atoms with Gasteiger partial charge in [-0.3, -0.25) is 4.79 Å². The van der Waals surface area contributed by atoms with Crippen LogP contribution < -0.4 is 10.6 Å². The number of nitrogens with zero attached hydrogens (tertiary/aromatic N) is 4. The van der Waals surface area contributed by atoms with Crippen molar-refractivity contribution in [3.63, 3.8) is 0 Å². The molecule has 120 valence electrons. The first-order valence-electron chi connectivity index (χ1n) is 7.34. The van der Waals surface area contributed by atoms with Gasteiger partial charge in [0.1, 0.15) is 0 Å². The van der Waals surface area contributed by atoms with E-state index in [4.69, 9.17) is 0 Å². The lowest BCUT2D eigenvalue weighted by Crippen LogP contribution is -2.33. The Hall–Kier alpha value is -1.15. The first-order valence-corrected chi connectivity index (χ1v) is 8.22. The molecule has 8 heteroatoms. The first-order chi connectivity index (χ1) is 9.90. The second kappa shape index (κ2) is 8.99. The standard InChI is InChI=1S/C13H26N6OS/c1-9(2)8-15-12(20)11(5)21-13-16-17-18-19(13)7-6-14-10(3)4/h9-11,14H,6-8H2,1-5H3,(H,15,20). The lowest BCUT2D eigenvalue weighted by molar-refractivity contribution is -0.120. The number of nitrogens with one attached hydrogen (secondary N) is 2. The zero-order valence-electron chi connectivity index (χ0n) is 13.5. The van der Waals surface area contributed by atoms with Crippen molar-refractivity contribution in [1.29, 1.82) is 0 Å². The number of hydrogen-bond acceptors (Lipinski definition) is 6. The van der Waals surface area contributed by atoms with E-state index in [0.717, 1.165) is 6.54 Å². The number of rotatable bonds is 9. The van der Waals surface area contributed by atoms with Crippen LogP contribution in [-0.2, 0) is 11.3 Å². The van der Waals surface area contributed by atoms with Crippen molar-refractivity contribution in [2.45, 2.75) is 57.6 Å². The van der Waals surface area contributed by atoms with Gasteiger partial charge in [0, 0.05) is 19.1 Å². The topological polar surface area (TPSA) is 84.7 Å². The number of amides is 1. The average molecular weight is 314 g/mol. The van der Waals surface area contributed by atoms with Crippen LogP contribution in [0.1, 0.15) is 34.6 Å². The summed E-state index contributed by atoms with van der Waals surface area (Å²) in [4.78, 5) is 12.0. The summed E-state index contributed by atoms with van der Waals surface area (Å²) in [6, 6.07) is 0.429. The van der Waals surface area contributed by atoms with Crippen LogP contribution in [0.2, 0.25) is 0 Å². The predicted molar refractivity (Wildman–Crippen MR) is 84.1 cm³/mol. The van der Waals surface area contributed by atoms with E-state index in [9.17, 15) is 4.79 Å². The molecule has 0 bridgehead atoms. The third-order valence-corrected chi connectivity index (χ3v) is 3.78. The van der Waals surface area contributed by atoms with Crippen molar-refractivity contribution < 1.29 is 4.79 Å². The smallest absolute Gasteiger partial charge is 0.233 e. The van der Waals surface area contributed by atoms with Crippen molar-refractivity contribution >= 4 is 17.7 Å². The third-order valence-electron chi connectivity index (χ3n) is 2.71. The maximum absolute atomic E-state index is 12.0. The number of hydrogen-bond donors (Lipinski definition) is 2. The first kappa shape index (κ1) is 17.9. The van der Waals surface area contributed by atoms with Crippen molar-refractivity contribution in [2.24, 2.45) is 5.92 Å². The molecule has 21 heavy (non-hydrogen) atoms. The van der Waals surface area contributed by atoms with Crippen LogP contribution in [0, 0.1) is 5.92 Å². The molecule has 1 aromatic heterocycles. The fraction of sp³-hybridized carbons (Fsp3) is 0.846. The molecule has 0 saturated heterocycles. The highest BCUT2D eigenvalue weighted by Gasteiger charge is 2.18. The van der Waals surface area contributed by atoms with E-state index in [0.29, 0.717) is 30.2 Å². The predicted octanol–water partition coefficient (Wildman–Crippen LogP) is 0.924. The van der Waals surface area contributed by atoms with E-state index < -0.39 is 0 Å². The molecular formula is C13H26N6OS. The van der Waals surface area contributed by atoms with Crippen molar-refractivity contribution in [3.8, 4) is 0 Å². The van der Waals surface area contributed by atoms with E-state index in [2.05, 4.69) is 53.9 Å². The molecule has 0 saturated carbocycles. The van der Waals surface area contributed by atoms with Crippen LogP contribution in [0.5, 0.6) is 0 Å². The molecule has 2 N–H and O–H groups in total. The minimum absolute atomic E-state index is 0.0172. The number of carbonyl (C=O) groups is 1. The van der Waals surface area contributed by atoms with E-state index in [1.165, 1.54) is 11.8 Å². The summed E-state index contributed by atoms with van der Waals surface area (Å²) < 4.78 is 1.73. The van der Waals surface area contributed by atoms with Crippen LogP contribution in [0.15, 0.2) is 5.16 Å². The number of tetrazole rings is 1. The van der Waals surface area contributed by atoms with E-state index in [-0.39, 0.29) is 11.2 Å². The molecule has 0 radical (unpaired) electrons. The van der Waals surface area contributed by atoms with Gasteiger partial charge in [-0.25, -0.2) is 4.68 Å². The summed E-state index contributed by atoms with van der Waals surface area (Å²) in [5.41, 5.74) is 0. The molecule has 0 aliphatic rings. The van der Waals surface area contributed by atoms with E-state index >= 15 is 0 Å². The van der Waals surface area contributed by atoms with Crippen LogP contribution in [0.4, 0.5) is 0 Å². The monoisotopic (exact) mass is 314 g/mol. The van der Waals surface area contributed by atoms with Crippen LogP contribution in [0.3, 0.4) is 0 Å². The van der Waals surface area contributed by atoms with Gasteiger partial charge in [0.25, 0.3) is 0 Å². The molecule has 0 aliphatic carbocycles. The quantitative estimate of drug-likeness (QED) is 0.660. The fourth-order valence-corrected chi connectivity index (χ4v) is 2.38. The molecule has 0 spiro atoms. The fourth-order valence-electron chi connectivity index (χ4n) is 1.54.